The molecular weight excluding hydrogens is 501 g/mol. The number of benzene rings is 1. The van der Waals surface area contributed by atoms with E-state index in [0.29, 0.717) is 47.9 Å². The Morgan fingerprint density at radius 3 is 2.81 bits per heavy atom. The fourth-order valence-electron chi connectivity index (χ4n) is 4.75. The first-order valence-electron chi connectivity index (χ1n) is 12.2. The van der Waals surface area contributed by atoms with Crippen molar-refractivity contribution in [2.75, 3.05) is 25.0 Å². The Labute approximate surface area is 217 Å². The number of nitrogens with zero attached hydrogens (tertiary/aromatic N) is 7. The molecule has 0 unspecified atom stereocenters. The summed E-state index contributed by atoms with van der Waals surface area (Å²) in [4.78, 5) is 17.3. The zero-order valence-electron chi connectivity index (χ0n) is 20.4. The van der Waals surface area contributed by atoms with Crippen LogP contribution in [-0.2, 0) is 11.3 Å². The molecule has 4 aromatic rings. The SMILES string of the molecule is CCn1c(=NC)sc2c(-c3ccc(Cl)cc3F)nc(N3C[C@@H](C)O[C@@H](c4cnn(C5CC5)c4)C3)nc21. The number of thiazole rings is 1. The summed E-state index contributed by atoms with van der Waals surface area (Å²) >= 11 is 7.51. The third-order valence-electron chi connectivity index (χ3n) is 6.67. The smallest absolute Gasteiger partial charge is 0.228 e. The molecule has 1 aromatic carbocycles. The summed E-state index contributed by atoms with van der Waals surface area (Å²) in [5.41, 5.74) is 2.73. The average Bonchev–Trinajstić information content (AvgIpc) is 3.47. The Hall–Kier alpha value is -2.82. The third-order valence-corrected chi connectivity index (χ3v) is 8.07. The molecule has 1 aliphatic heterocycles. The highest BCUT2D eigenvalue weighted by molar-refractivity contribution is 7.16. The molecule has 8 nitrogen and oxygen atoms in total. The molecule has 0 radical (unpaired) electrons. The van der Waals surface area contributed by atoms with Gasteiger partial charge in [-0.2, -0.15) is 10.1 Å². The lowest BCUT2D eigenvalue weighted by Gasteiger charge is -2.36. The Balaban J connectivity index is 1.46. The highest BCUT2D eigenvalue weighted by atomic mass is 35.5. The predicted octanol–water partition coefficient (Wildman–Crippen LogP) is 5.00. The lowest BCUT2D eigenvalue weighted by molar-refractivity contribution is -0.0178. The summed E-state index contributed by atoms with van der Waals surface area (Å²) in [6.07, 6.45) is 6.16. The number of morpholine rings is 1. The maximum atomic E-state index is 15.1. The molecule has 36 heavy (non-hydrogen) atoms. The van der Waals surface area contributed by atoms with E-state index in [1.807, 2.05) is 22.4 Å². The number of fused-ring (bicyclic) bond motifs is 1. The number of aryl methyl sites for hydroxylation is 1. The van der Waals surface area contributed by atoms with Crippen molar-refractivity contribution < 1.29 is 9.13 Å². The maximum Gasteiger partial charge on any atom is 0.228 e. The second kappa shape index (κ2) is 9.24. The van der Waals surface area contributed by atoms with E-state index in [1.165, 1.54) is 30.2 Å². The van der Waals surface area contributed by atoms with Gasteiger partial charge < -0.3 is 14.2 Å². The normalized spacial score (nSPS) is 21.0. The molecular formula is C25H27ClFN7OS. The number of hydrogen-bond acceptors (Lipinski definition) is 7. The van der Waals surface area contributed by atoms with Crippen molar-refractivity contribution in [2.45, 2.75) is 51.5 Å². The van der Waals surface area contributed by atoms with Gasteiger partial charge in [-0.15, -0.1) is 0 Å². The maximum absolute atomic E-state index is 15.1. The van der Waals surface area contributed by atoms with Gasteiger partial charge in [0.05, 0.1) is 30.6 Å². The van der Waals surface area contributed by atoms with Crippen LogP contribution in [0.5, 0.6) is 0 Å². The van der Waals surface area contributed by atoms with Gasteiger partial charge in [0.15, 0.2) is 10.4 Å². The van der Waals surface area contributed by atoms with Crippen molar-refractivity contribution in [1.82, 2.24) is 24.3 Å². The van der Waals surface area contributed by atoms with Gasteiger partial charge in [-0.05, 0) is 44.9 Å². The van der Waals surface area contributed by atoms with Gasteiger partial charge in [0, 0.05) is 42.5 Å². The van der Waals surface area contributed by atoms with Crippen LogP contribution in [-0.4, -0.2) is 50.6 Å². The van der Waals surface area contributed by atoms with E-state index in [0.717, 1.165) is 20.7 Å². The number of ether oxygens (including phenoxy) is 1. The second-order valence-corrected chi connectivity index (χ2v) is 10.7. The van der Waals surface area contributed by atoms with Crippen LogP contribution in [0.3, 0.4) is 0 Å². The molecule has 0 N–H and O–H groups in total. The van der Waals surface area contributed by atoms with Gasteiger partial charge in [-0.25, -0.2) is 9.37 Å². The van der Waals surface area contributed by atoms with E-state index in [-0.39, 0.29) is 12.2 Å². The van der Waals surface area contributed by atoms with Crippen molar-refractivity contribution in [3.8, 4) is 11.3 Å². The lowest BCUT2D eigenvalue weighted by atomic mass is 10.1. The van der Waals surface area contributed by atoms with Crippen molar-refractivity contribution in [3.05, 3.63) is 51.8 Å². The summed E-state index contributed by atoms with van der Waals surface area (Å²) in [7, 11) is 1.75. The molecule has 188 valence electrons. The quantitative estimate of drug-likeness (QED) is 0.365. The first-order valence-corrected chi connectivity index (χ1v) is 13.4. The first kappa shape index (κ1) is 23.6. The molecule has 2 fully saturated rings. The minimum Gasteiger partial charge on any atom is -0.367 e. The zero-order chi connectivity index (χ0) is 25.0. The van der Waals surface area contributed by atoms with Crippen LogP contribution in [0.4, 0.5) is 10.3 Å². The van der Waals surface area contributed by atoms with Crippen LogP contribution in [0.15, 0.2) is 35.6 Å². The molecule has 11 heteroatoms. The minimum absolute atomic E-state index is 0.0370. The molecule has 2 aliphatic rings. The number of aromatic nitrogens is 5. The standard InChI is InChI=1S/C25H27ClFN7OS/c1-4-33-23-22(36-25(33)28-3)21(18-8-5-16(26)9-19(18)27)30-24(31-23)32-11-14(2)35-20(13-32)15-10-29-34(12-15)17-6-7-17/h5,8-10,12,14,17,20H,4,6-7,11,13H2,1-3H3/t14-,20-/m1/s1. The summed E-state index contributed by atoms with van der Waals surface area (Å²) < 4.78 is 26.3. The van der Waals surface area contributed by atoms with Crippen LogP contribution in [0.2, 0.25) is 5.02 Å². The monoisotopic (exact) mass is 527 g/mol. The van der Waals surface area contributed by atoms with Crippen molar-refractivity contribution in [2.24, 2.45) is 4.99 Å². The number of anilines is 1. The third kappa shape index (κ3) is 4.21. The largest absolute Gasteiger partial charge is 0.367 e. The summed E-state index contributed by atoms with van der Waals surface area (Å²) in [6, 6.07) is 5.20. The van der Waals surface area contributed by atoms with E-state index >= 15 is 4.39 Å². The Morgan fingerprint density at radius 1 is 1.25 bits per heavy atom. The Bertz CT molecular complexity index is 1510. The molecule has 6 rings (SSSR count). The summed E-state index contributed by atoms with van der Waals surface area (Å²) in [5, 5.41) is 4.89. The Morgan fingerprint density at radius 2 is 2.08 bits per heavy atom. The summed E-state index contributed by atoms with van der Waals surface area (Å²) in [5.74, 6) is 0.129. The van der Waals surface area contributed by atoms with E-state index < -0.39 is 5.82 Å². The van der Waals surface area contributed by atoms with Gasteiger partial charge in [0.2, 0.25) is 5.95 Å². The fraction of sp³-hybridized carbons (Fsp3) is 0.440. The molecule has 1 saturated heterocycles. The minimum atomic E-state index is -0.416. The van der Waals surface area contributed by atoms with Gasteiger partial charge >= 0.3 is 0 Å². The predicted molar refractivity (Wildman–Crippen MR) is 139 cm³/mol. The lowest BCUT2D eigenvalue weighted by Crippen LogP contribution is -2.43. The number of hydrogen-bond donors (Lipinski definition) is 0. The first-order chi connectivity index (χ1) is 17.4. The van der Waals surface area contributed by atoms with E-state index in [2.05, 4.69) is 28.1 Å². The fourth-order valence-corrected chi connectivity index (χ4v) is 6.01. The number of halogens is 2. The molecule has 1 aliphatic carbocycles. The van der Waals surface area contributed by atoms with Crippen LogP contribution >= 0.6 is 22.9 Å². The zero-order valence-corrected chi connectivity index (χ0v) is 21.9. The van der Waals surface area contributed by atoms with Crippen molar-refractivity contribution >= 4 is 39.2 Å². The van der Waals surface area contributed by atoms with E-state index in [1.54, 1.807) is 19.2 Å². The molecule has 0 amide bonds. The van der Waals surface area contributed by atoms with Gasteiger partial charge in [-0.1, -0.05) is 22.9 Å². The van der Waals surface area contributed by atoms with E-state index in [4.69, 9.17) is 26.3 Å². The van der Waals surface area contributed by atoms with E-state index in [9.17, 15) is 0 Å². The average molecular weight is 528 g/mol. The second-order valence-electron chi connectivity index (χ2n) is 9.33. The molecule has 0 bridgehead atoms. The number of rotatable bonds is 5. The van der Waals surface area contributed by atoms with Gasteiger partial charge in [0.25, 0.3) is 0 Å². The molecule has 1 saturated carbocycles. The van der Waals surface area contributed by atoms with Crippen LogP contribution in [0.1, 0.15) is 44.4 Å². The highest BCUT2D eigenvalue weighted by Crippen LogP contribution is 2.37. The van der Waals surface area contributed by atoms with Crippen LogP contribution < -0.4 is 9.70 Å². The molecule has 3 aromatic heterocycles. The summed E-state index contributed by atoms with van der Waals surface area (Å²) in [6.45, 7) is 6.00. The van der Waals surface area contributed by atoms with Gasteiger partial charge in [0.1, 0.15) is 16.6 Å². The van der Waals surface area contributed by atoms with Crippen molar-refractivity contribution in [1.29, 1.82) is 0 Å². The molecule has 0 spiro atoms. The van der Waals surface area contributed by atoms with Crippen LogP contribution in [0.25, 0.3) is 21.6 Å². The molecule has 4 heterocycles. The van der Waals surface area contributed by atoms with Gasteiger partial charge in [-0.3, -0.25) is 9.67 Å². The van der Waals surface area contributed by atoms with Crippen molar-refractivity contribution in [3.63, 3.8) is 0 Å². The topological polar surface area (TPSA) is 73.4 Å². The highest BCUT2D eigenvalue weighted by Gasteiger charge is 2.32. The Kier molecular flexibility index (Phi) is 6.05. The molecule has 2 atom stereocenters. The van der Waals surface area contributed by atoms with Crippen LogP contribution in [0, 0.1) is 5.82 Å².